The summed E-state index contributed by atoms with van der Waals surface area (Å²) in [5.74, 6) is 2.93. The van der Waals surface area contributed by atoms with Gasteiger partial charge in [0.15, 0.2) is 0 Å². The largest absolute Gasteiger partial charge is 0.354 e. The Hall–Kier alpha value is -0.970. The summed E-state index contributed by atoms with van der Waals surface area (Å²) >= 11 is 0. The highest BCUT2D eigenvalue weighted by Gasteiger charge is 2.39. The molecule has 2 rings (SSSR count). The second-order valence-corrected chi connectivity index (χ2v) is 7.75. The summed E-state index contributed by atoms with van der Waals surface area (Å²) in [6, 6.07) is 1.97. The third-order valence-corrected chi connectivity index (χ3v) is 6.52. The molecular formula is C15H25N3OS. The molecule has 1 atom stereocenters. The lowest BCUT2D eigenvalue weighted by molar-refractivity contribution is 0.494. The Labute approximate surface area is 124 Å². The van der Waals surface area contributed by atoms with E-state index in [1.165, 1.54) is 0 Å². The van der Waals surface area contributed by atoms with Crippen molar-refractivity contribution in [2.24, 2.45) is 0 Å². The minimum absolute atomic E-state index is 0.0821. The quantitative estimate of drug-likeness (QED) is 0.857. The molecule has 4 nitrogen and oxygen atoms in total. The summed E-state index contributed by atoms with van der Waals surface area (Å²) < 4.78 is 12.3. The van der Waals surface area contributed by atoms with Gasteiger partial charge < -0.3 is 4.90 Å². The van der Waals surface area contributed by atoms with Gasteiger partial charge in [0, 0.05) is 41.8 Å². The van der Waals surface area contributed by atoms with Gasteiger partial charge >= 0.3 is 0 Å². The van der Waals surface area contributed by atoms with Crippen LogP contribution in [0.3, 0.4) is 0 Å². The molecule has 0 aromatic carbocycles. The minimum atomic E-state index is -0.730. The molecule has 2 heterocycles. The van der Waals surface area contributed by atoms with Crippen LogP contribution in [0.5, 0.6) is 0 Å². The monoisotopic (exact) mass is 295 g/mol. The van der Waals surface area contributed by atoms with Crippen LogP contribution in [-0.4, -0.2) is 37.8 Å². The minimum Gasteiger partial charge on any atom is -0.354 e. The molecule has 1 aliphatic heterocycles. The first-order chi connectivity index (χ1) is 9.52. The first-order valence-electron chi connectivity index (χ1n) is 7.48. The Morgan fingerprint density at radius 2 is 2.10 bits per heavy atom. The smallest absolute Gasteiger partial charge is 0.133 e. The first kappa shape index (κ1) is 15.4. The number of aromatic nitrogens is 2. The summed E-state index contributed by atoms with van der Waals surface area (Å²) in [5, 5.41) is 0. The van der Waals surface area contributed by atoms with Crippen LogP contribution < -0.4 is 4.90 Å². The van der Waals surface area contributed by atoms with E-state index in [4.69, 9.17) is 0 Å². The van der Waals surface area contributed by atoms with Gasteiger partial charge in [-0.15, -0.1) is 0 Å². The summed E-state index contributed by atoms with van der Waals surface area (Å²) in [4.78, 5) is 11.3. The van der Waals surface area contributed by atoms with E-state index in [0.29, 0.717) is 5.92 Å². The van der Waals surface area contributed by atoms with Gasteiger partial charge in [-0.25, -0.2) is 9.97 Å². The van der Waals surface area contributed by atoms with Crippen LogP contribution in [0, 0.1) is 0 Å². The summed E-state index contributed by atoms with van der Waals surface area (Å²) in [7, 11) is -0.730. The Bertz CT molecular complexity index is 486. The van der Waals surface area contributed by atoms with Crippen LogP contribution in [0.4, 0.5) is 5.82 Å². The second kappa shape index (κ2) is 6.20. The van der Waals surface area contributed by atoms with E-state index in [2.05, 4.69) is 42.6 Å². The maximum Gasteiger partial charge on any atom is 0.133 e. The average molecular weight is 295 g/mol. The molecular weight excluding hydrogens is 270 g/mol. The summed E-state index contributed by atoms with van der Waals surface area (Å²) in [5.41, 5.74) is 0. The molecule has 1 aromatic rings. The van der Waals surface area contributed by atoms with Crippen molar-refractivity contribution in [2.75, 3.05) is 23.7 Å². The highest BCUT2D eigenvalue weighted by atomic mass is 32.2. The molecule has 0 saturated carbocycles. The first-order valence-corrected chi connectivity index (χ1v) is 8.80. The van der Waals surface area contributed by atoms with E-state index in [1.54, 1.807) is 0 Å². The van der Waals surface area contributed by atoms with Crippen LogP contribution in [0.1, 0.15) is 52.3 Å². The zero-order valence-corrected chi connectivity index (χ0v) is 13.7. The van der Waals surface area contributed by atoms with E-state index in [9.17, 15) is 4.21 Å². The molecule has 112 valence electrons. The maximum atomic E-state index is 12.4. The van der Waals surface area contributed by atoms with Crippen molar-refractivity contribution in [3.8, 4) is 0 Å². The molecule has 1 aliphatic rings. The number of hydrogen-bond donors (Lipinski definition) is 0. The van der Waals surface area contributed by atoms with E-state index in [0.717, 1.165) is 43.3 Å². The van der Waals surface area contributed by atoms with Gasteiger partial charge in [-0.2, -0.15) is 0 Å². The Morgan fingerprint density at radius 1 is 1.40 bits per heavy atom. The van der Waals surface area contributed by atoms with Gasteiger partial charge in [-0.3, -0.25) is 4.21 Å². The molecule has 1 unspecified atom stereocenters. The zero-order chi connectivity index (χ0) is 14.8. The van der Waals surface area contributed by atoms with E-state index < -0.39 is 10.8 Å². The molecule has 0 aliphatic carbocycles. The van der Waals surface area contributed by atoms with Crippen molar-refractivity contribution < 1.29 is 4.21 Å². The average Bonchev–Trinajstić information content (AvgIpc) is 2.48. The lowest BCUT2D eigenvalue weighted by Gasteiger charge is -2.41. The van der Waals surface area contributed by atoms with Crippen LogP contribution >= 0.6 is 0 Å². The zero-order valence-electron chi connectivity index (χ0n) is 12.9. The normalized spacial score (nSPS) is 22.2. The molecule has 5 heteroatoms. The fourth-order valence-corrected chi connectivity index (χ4v) is 4.48. The van der Waals surface area contributed by atoms with Crippen molar-refractivity contribution in [2.45, 2.75) is 51.2 Å². The molecule has 0 radical (unpaired) electrons. The second-order valence-electron chi connectivity index (χ2n) is 5.79. The van der Waals surface area contributed by atoms with Gasteiger partial charge in [-0.05, 0) is 18.9 Å². The van der Waals surface area contributed by atoms with Crippen molar-refractivity contribution >= 4 is 16.6 Å². The molecule has 1 aromatic heterocycles. The van der Waals surface area contributed by atoms with Crippen molar-refractivity contribution in [1.82, 2.24) is 9.97 Å². The Morgan fingerprint density at radius 3 is 2.70 bits per heavy atom. The van der Waals surface area contributed by atoms with Crippen molar-refractivity contribution in [3.05, 3.63) is 18.1 Å². The van der Waals surface area contributed by atoms with Crippen LogP contribution in [0.15, 0.2) is 12.3 Å². The van der Waals surface area contributed by atoms with Gasteiger partial charge in [0.1, 0.15) is 11.6 Å². The fourth-order valence-electron chi connectivity index (χ4n) is 2.72. The number of rotatable bonds is 4. The van der Waals surface area contributed by atoms with Crippen LogP contribution in [0.2, 0.25) is 0 Å². The van der Waals surface area contributed by atoms with E-state index in [-0.39, 0.29) is 4.75 Å². The number of anilines is 1. The summed E-state index contributed by atoms with van der Waals surface area (Å²) in [6.07, 6.45) is 3.74. The lowest BCUT2D eigenvalue weighted by atomic mass is 10.0. The SMILES string of the molecule is CCC1(CC)CN(c2ccnc(C(C)C)n2)CCS1=O. The molecule has 1 saturated heterocycles. The van der Waals surface area contributed by atoms with Crippen molar-refractivity contribution in [1.29, 1.82) is 0 Å². The Balaban J connectivity index is 2.25. The van der Waals surface area contributed by atoms with Gasteiger partial charge in [0.25, 0.3) is 0 Å². The van der Waals surface area contributed by atoms with Crippen LogP contribution in [-0.2, 0) is 10.8 Å². The predicted molar refractivity (Wildman–Crippen MR) is 84.7 cm³/mol. The van der Waals surface area contributed by atoms with E-state index >= 15 is 0 Å². The molecule has 0 N–H and O–H groups in total. The van der Waals surface area contributed by atoms with Gasteiger partial charge in [0.2, 0.25) is 0 Å². The van der Waals surface area contributed by atoms with Crippen molar-refractivity contribution in [3.63, 3.8) is 0 Å². The highest BCUT2D eigenvalue weighted by Crippen LogP contribution is 2.30. The topological polar surface area (TPSA) is 46.1 Å². The molecule has 0 spiro atoms. The molecule has 0 bridgehead atoms. The van der Waals surface area contributed by atoms with E-state index in [1.807, 2.05) is 12.3 Å². The van der Waals surface area contributed by atoms with Crippen LogP contribution in [0.25, 0.3) is 0 Å². The predicted octanol–water partition coefficient (Wildman–Crippen LogP) is 2.73. The third-order valence-electron chi connectivity index (χ3n) is 4.30. The molecule has 0 amide bonds. The lowest BCUT2D eigenvalue weighted by Crippen LogP contribution is -2.53. The highest BCUT2D eigenvalue weighted by molar-refractivity contribution is 7.86. The number of hydrogen-bond acceptors (Lipinski definition) is 4. The fraction of sp³-hybridized carbons (Fsp3) is 0.733. The molecule has 1 fully saturated rings. The summed E-state index contributed by atoms with van der Waals surface area (Å²) in [6.45, 7) is 10.2. The third kappa shape index (κ3) is 2.87. The number of nitrogens with zero attached hydrogens (tertiary/aromatic N) is 3. The van der Waals surface area contributed by atoms with Gasteiger partial charge in [-0.1, -0.05) is 27.7 Å². The van der Waals surface area contributed by atoms with Gasteiger partial charge in [0.05, 0.1) is 4.75 Å². The molecule has 20 heavy (non-hydrogen) atoms. The maximum absolute atomic E-state index is 12.4. The Kier molecular flexibility index (Phi) is 4.78. The standard InChI is InChI=1S/C15H25N3OS/c1-5-15(6-2)11-18(9-10-20(15)19)13-7-8-16-14(17-13)12(3)4/h7-8,12H,5-6,9-11H2,1-4H3.